The molecule has 0 spiro atoms. The minimum Gasteiger partial charge on any atom is -0.497 e. The van der Waals surface area contributed by atoms with E-state index in [1.807, 2.05) is 48.3 Å². The Kier molecular flexibility index (Phi) is 3.10. The van der Waals surface area contributed by atoms with Crippen LogP contribution in [0.15, 0.2) is 36.5 Å². The van der Waals surface area contributed by atoms with Crippen LogP contribution in [-0.4, -0.2) is 23.9 Å². The maximum atomic E-state index is 5.11. The van der Waals surface area contributed by atoms with Crippen molar-refractivity contribution < 1.29 is 4.74 Å². The summed E-state index contributed by atoms with van der Waals surface area (Å²) in [6.07, 6.45) is 1.95. The summed E-state index contributed by atoms with van der Waals surface area (Å²) in [6.45, 7) is 0.770. The highest BCUT2D eigenvalue weighted by atomic mass is 16.5. The number of hydrogen-bond donors (Lipinski definition) is 1. The second kappa shape index (κ2) is 4.70. The molecule has 0 fully saturated rings. The molecule has 0 bridgehead atoms. The Balaban J connectivity index is 2.08. The molecule has 0 radical (unpaired) electrons. The summed E-state index contributed by atoms with van der Waals surface area (Å²) < 4.78 is 7.00. The lowest BCUT2D eigenvalue weighted by molar-refractivity contribution is 0.414. The fourth-order valence-electron chi connectivity index (χ4n) is 1.50. The lowest BCUT2D eigenvalue weighted by Gasteiger charge is -2.03. The Morgan fingerprint density at radius 3 is 2.56 bits per heavy atom. The Hall–Kier alpha value is -1.97. The molecule has 2 rings (SSSR count). The van der Waals surface area contributed by atoms with Crippen LogP contribution in [0, 0.1) is 0 Å². The second-order valence-electron chi connectivity index (χ2n) is 3.50. The molecular formula is C12H15N3O. The van der Waals surface area contributed by atoms with E-state index >= 15 is 0 Å². The molecule has 1 N–H and O–H groups in total. The SMILES string of the molecule is CNc1ccn(Cc2ccc(OC)cc2)n1. The number of hydrogen-bond acceptors (Lipinski definition) is 3. The normalized spacial score (nSPS) is 10.1. The zero-order chi connectivity index (χ0) is 11.4. The molecule has 2 aromatic rings. The van der Waals surface area contributed by atoms with Crippen molar-refractivity contribution in [3.8, 4) is 5.75 Å². The van der Waals surface area contributed by atoms with Gasteiger partial charge in [0.1, 0.15) is 11.6 Å². The van der Waals surface area contributed by atoms with Gasteiger partial charge in [0.2, 0.25) is 0 Å². The van der Waals surface area contributed by atoms with E-state index in [1.165, 1.54) is 5.56 Å². The zero-order valence-electron chi connectivity index (χ0n) is 9.47. The van der Waals surface area contributed by atoms with Gasteiger partial charge < -0.3 is 10.1 Å². The quantitative estimate of drug-likeness (QED) is 0.851. The van der Waals surface area contributed by atoms with Gasteiger partial charge >= 0.3 is 0 Å². The maximum absolute atomic E-state index is 5.11. The van der Waals surface area contributed by atoms with Gasteiger partial charge in [-0.15, -0.1) is 0 Å². The van der Waals surface area contributed by atoms with Crippen molar-refractivity contribution in [1.82, 2.24) is 9.78 Å². The predicted octanol–water partition coefficient (Wildman–Crippen LogP) is 1.98. The molecule has 0 saturated heterocycles. The minimum absolute atomic E-state index is 0.770. The van der Waals surface area contributed by atoms with Gasteiger partial charge in [-0.25, -0.2) is 0 Å². The number of nitrogens with zero attached hydrogens (tertiary/aromatic N) is 2. The molecule has 0 aliphatic heterocycles. The van der Waals surface area contributed by atoms with Crippen LogP contribution in [-0.2, 0) is 6.54 Å². The second-order valence-corrected chi connectivity index (χ2v) is 3.50. The van der Waals surface area contributed by atoms with Crippen LogP contribution in [0.25, 0.3) is 0 Å². The monoisotopic (exact) mass is 217 g/mol. The van der Waals surface area contributed by atoms with Gasteiger partial charge in [0.25, 0.3) is 0 Å². The Morgan fingerprint density at radius 1 is 1.25 bits per heavy atom. The summed E-state index contributed by atoms with van der Waals surface area (Å²) in [5.41, 5.74) is 1.20. The summed E-state index contributed by atoms with van der Waals surface area (Å²) in [4.78, 5) is 0. The van der Waals surface area contributed by atoms with Crippen LogP contribution in [0.2, 0.25) is 0 Å². The predicted molar refractivity (Wildman–Crippen MR) is 63.9 cm³/mol. The van der Waals surface area contributed by atoms with Gasteiger partial charge in [-0.3, -0.25) is 4.68 Å². The van der Waals surface area contributed by atoms with E-state index in [0.717, 1.165) is 18.1 Å². The molecule has 0 aliphatic carbocycles. The van der Waals surface area contributed by atoms with Crippen molar-refractivity contribution in [2.75, 3.05) is 19.5 Å². The summed E-state index contributed by atoms with van der Waals surface area (Å²) in [5.74, 6) is 1.76. The van der Waals surface area contributed by atoms with Gasteiger partial charge in [-0.1, -0.05) is 12.1 Å². The Bertz CT molecular complexity index is 448. The zero-order valence-corrected chi connectivity index (χ0v) is 9.47. The Labute approximate surface area is 94.9 Å². The van der Waals surface area contributed by atoms with E-state index in [2.05, 4.69) is 10.4 Å². The topological polar surface area (TPSA) is 39.1 Å². The fraction of sp³-hybridized carbons (Fsp3) is 0.250. The number of nitrogens with one attached hydrogen (secondary N) is 1. The molecule has 84 valence electrons. The number of ether oxygens (including phenoxy) is 1. The van der Waals surface area contributed by atoms with Gasteiger partial charge in [-0.05, 0) is 17.7 Å². The molecule has 1 heterocycles. The maximum Gasteiger partial charge on any atom is 0.147 e. The van der Waals surface area contributed by atoms with Crippen LogP contribution in [0.4, 0.5) is 5.82 Å². The highest BCUT2D eigenvalue weighted by molar-refractivity contribution is 5.31. The van der Waals surface area contributed by atoms with Crippen molar-refractivity contribution in [2.45, 2.75) is 6.54 Å². The minimum atomic E-state index is 0.770. The highest BCUT2D eigenvalue weighted by Gasteiger charge is 1.98. The van der Waals surface area contributed by atoms with E-state index in [1.54, 1.807) is 7.11 Å². The average Bonchev–Trinajstić information content (AvgIpc) is 2.78. The van der Waals surface area contributed by atoms with Crippen LogP contribution < -0.4 is 10.1 Å². The van der Waals surface area contributed by atoms with E-state index in [0.29, 0.717) is 0 Å². The molecule has 0 atom stereocenters. The lowest BCUT2D eigenvalue weighted by atomic mass is 10.2. The average molecular weight is 217 g/mol. The standard InChI is InChI=1S/C12H15N3O/c1-13-12-7-8-15(14-12)9-10-3-5-11(16-2)6-4-10/h3-8H,9H2,1-2H3,(H,13,14). The first-order valence-corrected chi connectivity index (χ1v) is 5.16. The molecule has 16 heavy (non-hydrogen) atoms. The van der Waals surface area contributed by atoms with Crippen molar-refractivity contribution in [2.24, 2.45) is 0 Å². The van der Waals surface area contributed by atoms with Crippen molar-refractivity contribution in [3.05, 3.63) is 42.1 Å². The summed E-state index contributed by atoms with van der Waals surface area (Å²) in [5, 5.41) is 7.34. The first-order valence-electron chi connectivity index (χ1n) is 5.16. The number of aromatic nitrogens is 2. The number of benzene rings is 1. The summed E-state index contributed by atoms with van der Waals surface area (Å²) in [6, 6.07) is 9.94. The van der Waals surface area contributed by atoms with Crippen LogP contribution >= 0.6 is 0 Å². The van der Waals surface area contributed by atoms with Crippen LogP contribution in [0.5, 0.6) is 5.75 Å². The highest BCUT2D eigenvalue weighted by Crippen LogP contribution is 2.12. The molecule has 4 nitrogen and oxygen atoms in total. The van der Waals surface area contributed by atoms with E-state index in [-0.39, 0.29) is 0 Å². The molecule has 4 heteroatoms. The third-order valence-electron chi connectivity index (χ3n) is 2.40. The molecule has 0 aliphatic rings. The molecule has 1 aromatic carbocycles. The van der Waals surface area contributed by atoms with E-state index in [9.17, 15) is 0 Å². The van der Waals surface area contributed by atoms with Gasteiger partial charge in [0.15, 0.2) is 0 Å². The van der Waals surface area contributed by atoms with Crippen LogP contribution in [0.3, 0.4) is 0 Å². The van der Waals surface area contributed by atoms with Crippen molar-refractivity contribution in [1.29, 1.82) is 0 Å². The number of methoxy groups -OCH3 is 1. The van der Waals surface area contributed by atoms with E-state index in [4.69, 9.17) is 4.74 Å². The first kappa shape index (κ1) is 10.5. The molecule has 0 saturated carbocycles. The smallest absolute Gasteiger partial charge is 0.147 e. The van der Waals surface area contributed by atoms with E-state index < -0.39 is 0 Å². The largest absolute Gasteiger partial charge is 0.497 e. The summed E-state index contributed by atoms with van der Waals surface area (Å²) in [7, 11) is 3.53. The molecule has 1 aromatic heterocycles. The van der Waals surface area contributed by atoms with Crippen LogP contribution in [0.1, 0.15) is 5.56 Å². The van der Waals surface area contributed by atoms with Crippen molar-refractivity contribution >= 4 is 5.82 Å². The van der Waals surface area contributed by atoms with Gasteiger partial charge in [-0.2, -0.15) is 5.10 Å². The molecule has 0 unspecified atom stereocenters. The third-order valence-corrected chi connectivity index (χ3v) is 2.40. The van der Waals surface area contributed by atoms with Gasteiger partial charge in [0.05, 0.1) is 13.7 Å². The fourth-order valence-corrected chi connectivity index (χ4v) is 1.50. The Morgan fingerprint density at radius 2 is 2.00 bits per heavy atom. The number of anilines is 1. The lowest BCUT2D eigenvalue weighted by Crippen LogP contribution is -2.01. The summed E-state index contributed by atoms with van der Waals surface area (Å²) >= 11 is 0. The van der Waals surface area contributed by atoms with Crippen molar-refractivity contribution in [3.63, 3.8) is 0 Å². The first-order chi connectivity index (χ1) is 7.81. The molecule has 0 amide bonds. The third kappa shape index (κ3) is 2.34. The molecular weight excluding hydrogens is 202 g/mol. The van der Waals surface area contributed by atoms with Gasteiger partial charge in [0, 0.05) is 19.3 Å². The number of rotatable bonds is 4.